The fourth-order valence-electron chi connectivity index (χ4n) is 2.70. The summed E-state index contributed by atoms with van der Waals surface area (Å²) in [6.45, 7) is 1.97. The number of nitrogens with zero attached hydrogens (tertiary/aromatic N) is 2. The van der Waals surface area contributed by atoms with Crippen LogP contribution in [0.15, 0.2) is 6.20 Å². The lowest BCUT2D eigenvalue weighted by Crippen LogP contribution is -2.29. The average molecular weight is 315 g/mol. The van der Waals surface area contributed by atoms with Crippen molar-refractivity contribution in [3.63, 3.8) is 0 Å². The van der Waals surface area contributed by atoms with Crippen molar-refractivity contribution in [1.29, 1.82) is 0 Å². The molecule has 0 amide bonds. The van der Waals surface area contributed by atoms with Gasteiger partial charge in [0, 0.05) is 12.5 Å². The zero-order valence-corrected chi connectivity index (χ0v) is 13.1. The molecule has 0 radical (unpaired) electrons. The SMILES string of the molecule is CCOC(=O)c1nn(C2CCCC(S(C)(=O)=O)C2)cc1N. The normalized spacial score (nSPS) is 23.0. The number of nitrogen functional groups attached to an aromatic ring is 1. The topological polar surface area (TPSA) is 104 Å². The van der Waals surface area contributed by atoms with E-state index in [0.717, 1.165) is 12.8 Å². The van der Waals surface area contributed by atoms with E-state index in [4.69, 9.17) is 10.5 Å². The van der Waals surface area contributed by atoms with E-state index in [1.54, 1.807) is 17.8 Å². The van der Waals surface area contributed by atoms with E-state index in [2.05, 4.69) is 5.10 Å². The summed E-state index contributed by atoms with van der Waals surface area (Å²) in [7, 11) is -3.06. The summed E-state index contributed by atoms with van der Waals surface area (Å²) >= 11 is 0. The second-order valence-corrected chi connectivity index (χ2v) is 7.73. The highest BCUT2D eigenvalue weighted by molar-refractivity contribution is 7.91. The predicted molar refractivity (Wildman–Crippen MR) is 78.7 cm³/mol. The first-order valence-electron chi connectivity index (χ1n) is 7.03. The van der Waals surface area contributed by atoms with Crippen LogP contribution in [0, 0.1) is 0 Å². The Hall–Kier alpha value is -1.57. The molecule has 118 valence electrons. The molecule has 1 saturated carbocycles. The van der Waals surface area contributed by atoms with Gasteiger partial charge < -0.3 is 10.5 Å². The Morgan fingerprint density at radius 3 is 2.86 bits per heavy atom. The highest BCUT2D eigenvalue weighted by atomic mass is 32.2. The Bertz CT molecular complexity index is 623. The van der Waals surface area contributed by atoms with E-state index in [1.165, 1.54) is 6.26 Å². The number of esters is 1. The van der Waals surface area contributed by atoms with Crippen molar-refractivity contribution in [3.8, 4) is 0 Å². The maximum atomic E-state index is 11.7. The van der Waals surface area contributed by atoms with Crippen LogP contribution in [0.5, 0.6) is 0 Å². The molecule has 0 aromatic carbocycles. The Morgan fingerprint density at radius 1 is 1.52 bits per heavy atom. The largest absolute Gasteiger partial charge is 0.461 e. The number of sulfone groups is 1. The summed E-state index contributed by atoms with van der Waals surface area (Å²) in [4.78, 5) is 11.7. The number of carbonyl (C=O) groups excluding carboxylic acids is 1. The van der Waals surface area contributed by atoms with Gasteiger partial charge in [-0.1, -0.05) is 6.42 Å². The lowest BCUT2D eigenvalue weighted by Gasteiger charge is -2.28. The summed E-state index contributed by atoms with van der Waals surface area (Å²) in [6.07, 6.45) is 5.68. The predicted octanol–water partition coefficient (Wildman–Crippen LogP) is 1.17. The molecule has 0 aliphatic heterocycles. The molecular formula is C13H21N3O4S. The van der Waals surface area contributed by atoms with Crippen LogP contribution in [0.1, 0.15) is 49.1 Å². The molecule has 1 aliphatic carbocycles. The lowest BCUT2D eigenvalue weighted by molar-refractivity contribution is 0.0519. The molecule has 8 heteroatoms. The molecule has 0 spiro atoms. The van der Waals surface area contributed by atoms with Crippen molar-refractivity contribution in [3.05, 3.63) is 11.9 Å². The quantitative estimate of drug-likeness (QED) is 0.836. The first kappa shape index (κ1) is 15.8. The molecule has 0 bridgehead atoms. The number of carbonyl (C=O) groups is 1. The third-order valence-corrected chi connectivity index (χ3v) is 5.45. The van der Waals surface area contributed by atoms with Crippen LogP contribution in [0.25, 0.3) is 0 Å². The van der Waals surface area contributed by atoms with Gasteiger partial charge in [-0.2, -0.15) is 5.10 Å². The van der Waals surface area contributed by atoms with E-state index < -0.39 is 15.8 Å². The second kappa shape index (κ2) is 6.05. The molecule has 2 unspecified atom stereocenters. The van der Waals surface area contributed by atoms with E-state index in [-0.39, 0.29) is 29.3 Å². The third-order valence-electron chi connectivity index (χ3n) is 3.81. The molecule has 2 atom stereocenters. The first-order valence-corrected chi connectivity index (χ1v) is 8.99. The summed E-state index contributed by atoms with van der Waals surface area (Å²) < 4.78 is 29.9. The zero-order chi connectivity index (χ0) is 15.6. The van der Waals surface area contributed by atoms with Gasteiger partial charge in [0.1, 0.15) is 9.84 Å². The van der Waals surface area contributed by atoms with Crippen LogP contribution in [-0.2, 0) is 14.6 Å². The van der Waals surface area contributed by atoms with E-state index in [9.17, 15) is 13.2 Å². The van der Waals surface area contributed by atoms with E-state index in [0.29, 0.717) is 12.8 Å². The molecule has 1 aromatic heterocycles. The number of ether oxygens (including phenoxy) is 1. The first-order chi connectivity index (χ1) is 9.82. The summed E-state index contributed by atoms with van der Waals surface area (Å²) in [5, 5.41) is 3.84. The van der Waals surface area contributed by atoms with E-state index in [1.807, 2.05) is 0 Å². The molecule has 1 fully saturated rings. The number of hydrogen-bond donors (Lipinski definition) is 1. The van der Waals surface area contributed by atoms with Gasteiger partial charge in [-0.15, -0.1) is 0 Å². The van der Waals surface area contributed by atoms with Gasteiger partial charge in [0.05, 0.1) is 23.6 Å². The van der Waals surface area contributed by atoms with Gasteiger partial charge in [0.25, 0.3) is 0 Å². The number of rotatable bonds is 4. The molecule has 7 nitrogen and oxygen atoms in total. The molecular weight excluding hydrogens is 294 g/mol. The maximum Gasteiger partial charge on any atom is 0.361 e. The zero-order valence-electron chi connectivity index (χ0n) is 12.3. The highest BCUT2D eigenvalue weighted by Crippen LogP contribution is 2.32. The molecule has 2 N–H and O–H groups in total. The number of aromatic nitrogens is 2. The van der Waals surface area contributed by atoms with Crippen molar-refractivity contribution in [2.24, 2.45) is 0 Å². The van der Waals surface area contributed by atoms with Gasteiger partial charge in [-0.3, -0.25) is 4.68 Å². The van der Waals surface area contributed by atoms with Gasteiger partial charge in [-0.25, -0.2) is 13.2 Å². The van der Waals surface area contributed by atoms with Gasteiger partial charge in [0.15, 0.2) is 5.69 Å². The summed E-state index contributed by atoms with van der Waals surface area (Å²) in [5.74, 6) is -0.552. The molecule has 1 heterocycles. The van der Waals surface area contributed by atoms with Gasteiger partial charge in [0.2, 0.25) is 0 Å². The monoisotopic (exact) mass is 315 g/mol. The van der Waals surface area contributed by atoms with Gasteiger partial charge in [-0.05, 0) is 26.2 Å². The minimum Gasteiger partial charge on any atom is -0.461 e. The van der Waals surface area contributed by atoms with Crippen LogP contribution in [0.3, 0.4) is 0 Å². The van der Waals surface area contributed by atoms with Crippen LogP contribution in [0.2, 0.25) is 0 Å². The maximum absolute atomic E-state index is 11.7. The standard InChI is InChI=1S/C13H21N3O4S/c1-3-20-13(17)12-11(14)8-16(15-12)9-5-4-6-10(7-9)21(2,18)19/h8-10H,3-7,14H2,1-2H3. The molecule has 2 rings (SSSR count). The summed E-state index contributed by atoms with van der Waals surface area (Å²) in [5.41, 5.74) is 6.15. The molecule has 21 heavy (non-hydrogen) atoms. The fourth-order valence-corrected chi connectivity index (χ4v) is 3.87. The molecule has 1 aromatic rings. The molecule has 1 aliphatic rings. The van der Waals surface area contributed by atoms with Crippen molar-refractivity contribution < 1.29 is 17.9 Å². The highest BCUT2D eigenvalue weighted by Gasteiger charge is 2.31. The van der Waals surface area contributed by atoms with Crippen molar-refractivity contribution in [1.82, 2.24) is 9.78 Å². The number of hydrogen-bond acceptors (Lipinski definition) is 6. The molecule has 0 saturated heterocycles. The number of nitrogens with two attached hydrogens (primary N) is 1. The van der Waals surface area contributed by atoms with Crippen molar-refractivity contribution in [2.45, 2.75) is 43.9 Å². The third kappa shape index (κ3) is 3.55. The average Bonchev–Trinajstić information content (AvgIpc) is 2.80. The Kier molecular flexibility index (Phi) is 4.55. The van der Waals surface area contributed by atoms with Crippen LogP contribution < -0.4 is 5.73 Å². The van der Waals surface area contributed by atoms with Crippen LogP contribution in [-0.4, -0.2) is 42.3 Å². The lowest BCUT2D eigenvalue weighted by atomic mass is 9.95. The summed E-state index contributed by atoms with van der Waals surface area (Å²) in [6, 6.07) is -0.0519. The smallest absolute Gasteiger partial charge is 0.361 e. The van der Waals surface area contributed by atoms with Crippen LogP contribution >= 0.6 is 0 Å². The Balaban J connectivity index is 2.19. The Labute approximate surface area is 124 Å². The Morgan fingerprint density at radius 2 is 2.24 bits per heavy atom. The number of anilines is 1. The van der Waals surface area contributed by atoms with Crippen molar-refractivity contribution in [2.75, 3.05) is 18.6 Å². The second-order valence-electron chi connectivity index (χ2n) is 5.41. The minimum atomic E-state index is -3.06. The minimum absolute atomic E-state index is 0.0519. The fraction of sp³-hybridized carbons (Fsp3) is 0.692. The van der Waals surface area contributed by atoms with E-state index >= 15 is 0 Å². The van der Waals surface area contributed by atoms with Crippen molar-refractivity contribution >= 4 is 21.5 Å². The van der Waals surface area contributed by atoms with Crippen LogP contribution in [0.4, 0.5) is 5.69 Å². The van der Waals surface area contributed by atoms with Gasteiger partial charge >= 0.3 is 5.97 Å².